The number of anilines is 2. The summed E-state index contributed by atoms with van der Waals surface area (Å²) in [5, 5.41) is 5.72. The molecule has 0 saturated heterocycles. The number of nitrogens with one attached hydrogen (secondary N) is 2. The quantitative estimate of drug-likeness (QED) is 0.714. The van der Waals surface area contributed by atoms with Crippen LogP contribution in [0.15, 0.2) is 72.8 Å². The van der Waals surface area contributed by atoms with Crippen molar-refractivity contribution in [2.45, 2.75) is 13.8 Å². The van der Waals surface area contributed by atoms with Gasteiger partial charge in [0.25, 0.3) is 11.8 Å². The molecule has 3 aromatic carbocycles. The minimum Gasteiger partial charge on any atom is -0.322 e. The highest BCUT2D eigenvalue weighted by Gasteiger charge is 2.10. The van der Waals surface area contributed by atoms with Gasteiger partial charge in [0.1, 0.15) is 0 Å². The number of rotatable bonds is 4. The first-order valence-corrected chi connectivity index (χ1v) is 8.38. The first-order chi connectivity index (χ1) is 12.5. The highest BCUT2D eigenvalue weighted by atomic mass is 16.2. The monoisotopic (exact) mass is 344 g/mol. The molecule has 0 fully saturated rings. The molecular formula is C22H20N2O2. The predicted molar refractivity (Wildman–Crippen MR) is 105 cm³/mol. The summed E-state index contributed by atoms with van der Waals surface area (Å²) in [7, 11) is 0. The van der Waals surface area contributed by atoms with Gasteiger partial charge in [-0.1, -0.05) is 42.0 Å². The Hall–Kier alpha value is -3.40. The lowest BCUT2D eigenvalue weighted by molar-refractivity contribution is 0.101. The van der Waals surface area contributed by atoms with Crippen LogP contribution in [0.1, 0.15) is 31.8 Å². The van der Waals surface area contributed by atoms with Gasteiger partial charge in [0.05, 0.1) is 0 Å². The number of benzene rings is 3. The average molecular weight is 344 g/mol. The minimum atomic E-state index is -0.188. The van der Waals surface area contributed by atoms with Crippen molar-refractivity contribution in [3.8, 4) is 0 Å². The van der Waals surface area contributed by atoms with Crippen molar-refractivity contribution in [2.75, 3.05) is 10.6 Å². The maximum absolute atomic E-state index is 12.4. The van der Waals surface area contributed by atoms with Crippen LogP contribution >= 0.6 is 0 Å². The Morgan fingerprint density at radius 1 is 0.692 bits per heavy atom. The average Bonchev–Trinajstić information content (AvgIpc) is 2.63. The fourth-order valence-corrected chi connectivity index (χ4v) is 2.61. The minimum absolute atomic E-state index is 0.176. The zero-order chi connectivity index (χ0) is 18.5. The maximum Gasteiger partial charge on any atom is 0.255 e. The Morgan fingerprint density at radius 2 is 1.31 bits per heavy atom. The third kappa shape index (κ3) is 4.16. The summed E-state index contributed by atoms with van der Waals surface area (Å²) in [5.41, 5.74) is 4.47. The van der Waals surface area contributed by atoms with Crippen LogP contribution in [-0.4, -0.2) is 11.8 Å². The van der Waals surface area contributed by atoms with Gasteiger partial charge in [0.2, 0.25) is 0 Å². The van der Waals surface area contributed by atoms with Gasteiger partial charge in [-0.05, 0) is 55.8 Å². The fourth-order valence-electron chi connectivity index (χ4n) is 2.61. The van der Waals surface area contributed by atoms with E-state index in [1.807, 2.05) is 44.2 Å². The van der Waals surface area contributed by atoms with Crippen LogP contribution in [0.3, 0.4) is 0 Å². The topological polar surface area (TPSA) is 58.2 Å². The molecule has 0 spiro atoms. The smallest absolute Gasteiger partial charge is 0.255 e. The van der Waals surface area contributed by atoms with E-state index in [1.54, 1.807) is 42.5 Å². The molecule has 0 radical (unpaired) electrons. The van der Waals surface area contributed by atoms with E-state index in [2.05, 4.69) is 10.6 Å². The Labute approximate surface area is 152 Å². The van der Waals surface area contributed by atoms with E-state index in [1.165, 1.54) is 0 Å². The second-order valence-corrected chi connectivity index (χ2v) is 6.17. The molecule has 0 aliphatic heterocycles. The molecule has 4 heteroatoms. The second kappa shape index (κ2) is 7.66. The van der Waals surface area contributed by atoms with Crippen molar-refractivity contribution in [3.05, 3.63) is 95.1 Å². The van der Waals surface area contributed by atoms with Crippen LogP contribution in [0.5, 0.6) is 0 Å². The Kier molecular flexibility index (Phi) is 5.13. The molecule has 0 bridgehead atoms. The lowest BCUT2D eigenvalue weighted by Gasteiger charge is -2.10. The summed E-state index contributed by atoms with van der Waals surface area (Å²) in [4.78, 5) is 24.7. The van der Waals surface area contributed by atoms with E-state index in [0.717, 1.165) is 11.1 Å². The fraction of sp³-hybridized carbons (Fsp3) is 0.0909. The number of amides is 2. The summed E-state index contributed by atoms with van der Waals surface area (Å²) in [6.45, 7) is 3.87. The first-order valence-electron chi connectivity index (χ1n) is 8.38. The van der Waals surface area contributed by atoms with Crippen LogP contribution in [0.4, 0.5) is 11.4 Å². The van der Waals surface area contributed by atoms with Crippen molar-refractivity contribution in [1.29, 1.82) is 0 Å². The molecule has 2 amide bonds. The summed E-state index contributed by atoms with van der Waals surface area (Å²) in [6, 6.07) is 21.9. The van der Waals surface area contributed by atoms with Crippen LogP contribution in [0.25, 0.3) is 0 Å². The number of carbonyl (C=O) groups is 2. The zero-order valence-electron chi connectivity index (χ0n) is 14.7. The van der Waals surface area contributed by atoms with Crippen molar-refractivity contribution < 1.29 is 9.59 Å². The molecule has 0 atom stereocenters. The van der Waals surface area contributed by atoms with Crippen LogP contribution in [-0.2, 0) is 0 Å². The van der Waals surface area contributed by atoms with Crippen molar-refractivity contribution in [1.82, 2.24) is 0 Å². The summed E-state index contributed by atoms with van der Waals surface area (Å²) >= 11 is 0. The molecule has 3 rings (SSSR count). The summed E-state index contributed by atoms with van der Waals surface area (Å²) < 4.78 is 0. The van der Waals surface area contributed by atoms with E-state index in [9.17, 15) is 9.59 Å². The molecule has 4 nitrogen and oxygen atoms in total. The number of aryl methyl sites for hydroxylation is 2. The van der Waals surface area contributed by atoms with E-state index in [0.29, 0.717) is 22.5 Å². The molecule has 0 aromatic heterocycles. The molecular weight excluding hydrogens is 324 g/mol. The van der Waals surface area contributed by atoms with E-state index in [4.69, 9.17) is 0 Å². The van der Waals surface area contributed by atoms with Gasteiger partial charge in [-0.25, -0.2) is 0 Å². The lowest BCUT2D eigenvalue weighted by atomic mass is 10.1. The summed E-state index contributed by atoms with van der Waals surface area (Å²) in [6.07, 6.45) is 0. The normalized spacial score (nSPS) is 10.2. The SMILES string of the molecule is Cc1ccc(C(=O)Nc2cccc(NC(=O)c3ccccc3C)c2)cc1. The van der Waals surface area contributed by atoms with Crippen molar-refractivity contribution in [2.24, 2.45) is 0 Å². The zero-order valence-corrected chi connectivity index (χ0v) is 14.7. The molecule has 0 saturated carbocycles. The van der Waals surface area contributed by atoms with Gasteiger partial charge >= 0.3 is 0 Å². The molecule has 0 unspecified atom stereocenters. The maximum atomic E-state index is 12.4. The summed E-state index contributed by atoms with van der Waals surface area (Å²) in [5.74, 6) is -0.363. The van der Waals surface area contributed by atoms with Gasteiger partial charge in [0.15, 0.2) is 0 Å². The molecule has 3 aromatic rings. The highest BCUT2D eigenvalue weighted by molar-refractivity contribution is 6.07. The predicted octanol–water partition coefficient (Wildman–Crippen LogP) is 4.81. The number of hydrogen-bond donors (Lipinski definition) is 2. The van der Waals surface area contributed by atoms with Gasteiger partial charge in [-0.3, -0.25) is 9.59 Å². The van der Waals surface area contributed by atoms with Crippen molar-refractivity contribution in [3.63, 3.8) is 0 Å². The van der Waals surface area contributed by atoms with Gasteiger partial charge in [-0.2, -0.15) is 0 Å². The molecule has 0 heterocycles. The van der Waals surface area contributed by atoms with E-state index in [-0.39, 0.29) is 11.8 Å². The van der Waals surface area contributed by atoms with Gasteiger partial charge < -0.3 is 10.6 Å². The largest absolute Gasteiger partial charge is 0.322 e. The van der Waals surface area contributed by atoms with Crippen LogP contribution in [0.2, 0.25) is 0 Å². The third-order valence-corrected chi connectivity index (χ3v) is 4.08. The molecule has 26 heavy (non-hydrogen) atoms. The van der Waals surface area contributed by atoms with Crippen LogP contribution < -0.4 is 10.6 Å². The number of carbonyl (C=O) groups excluding carboxylic acids is 2. The standard InChI is InChI=1S/C22H20N2O2/c1-15-10-12-17(13-11-15)21(25)23-18-7-5-8-19(14-18)24-22(26)20-9-4-3-6-16(20)2/h3-14H,1-2H3,(H,23,25)(H,24,26). The van der Waals surface area contributed by atoms with E-state index < -0.39 is 0 Å². The van der Waals surface area contributed by atoms with E-state index >= 15 is 0 Å². The Morgan fingerprint density at radius 3 is 1.96 bits per heavy atom. The Bertz CT molecular complexity index is 946. The Balaban J connectivity index is 1.72. The molecule has 0 aliphatic rings. The van der Waals surface area contributed by atoms with Gasteiger partial charge in [-0.15, -0.1) is 0 Å². The molecule has 130 valence electrons. The van der Waals surface area contributed by atoms with Crippen molar-refractivity contribution >= 4 is 23.2 Å². The molecule has 0 aliphatic carbocycles. The molecule has 2 N–H and O–H groups in total. The first kappa shape index (κ1) is 17.4. The van der Waals surface area contributed by atoms with Gasteiger partial charge in [0, 0.05) is 22.5 Å². The van der Waals surface area contributed by atoms with Crippen LogP contribution in [0, 0.1) is 13.8 Å². The third-order valence-electron chi connectivity index (χ3n) is 4.08. The second-order valence-electron chi connectivity index (χ2n) is 6.17. The number of hydrogen-bond acceptors (Lipinski definition) is 2. The lowest BCUT2D eigenvalue weighted by Crippen LogP contribution is -2.14. The highest BCUT2D eigenvalue weighted by Crippen LogP contribution is 2.18.